The summed E-state index contributed by atoms with van der Waals surface area (Å²) in [7, 11) is 0. The summed E-state index contributed by atoms with van der Waals surface area (Å²) in [6, 6.07) is 9.92. The first-order valence-corrected chi connectivity index (χ1v) is 5.50. The van der Waals surface area contributed by atoms with Gasteiger partial charge in [-0.15, -0.1) is 0 Å². The van der Waals surface area contributed by atoms with Gasteiger partial charge in [-0.2, -0.15) is 25.3 Å². The van der Waals surface area contributed by atoms with Gasteiger partial charge in [-0.1, -0.05) is 30.3 Å². The molecule has 1 rings (SSSR count). The molecule has 0 aromatic heterocycles. The smallest absolute Gasteiger partial charge is 0.0704 e. The fraction of sp³-hybridized carbons (Fsp3) is 0.400. The zero-order valence-electron chi connectivity index (χ0n) is 7.30. The topological polar surface area (TPSA) is 20.2 Å². The van der Waals surface area contributed by atoms with Crippen molar-refractivity contribution < 1.29 is 5.11 Å². The predicted octanol–water partition coefficient (Wildman–Crippen LogP) is 1.99. The monoisotopic (exact) mass is 214 g/mol. The van der Waals surface area contributed by atoms with E-state index in [1.54, 1.807) is 0 Å². The van der Waals surface area contributed by atoms with Crippen molar-refractivity contribution in [1.82, 2.24) is 0 Å². The van der Waals surface area contributed by atoms with Crippen LogP contribution in [0.15, 0.2) is 30.3 Å². The molecule has 72 valence electrons. The molecule has 1 N–H and O–H groups in total. The van der Waals surface area contributed by atoms with Gasteiger partial charge in [0.05, 0.1) is 6.10 Å². The molecule has 0 fully saturated rings. The Morgan fingerprint density at radius 1 is 1.08 bits per heavy atom. The Bertz CT molecular complexity index is 238. The van der Waals surface area contributed by atoms with Gasteiger partial charge in [0.15, 0.2) is 0 Å². The van der Waals surface area contributed by atoms with Gasteiger partial charge in [-0.05, 0) is 11.3 Å². The summed E-state index contributed by atoms with van der Waals surface area (Å²) in [4.78, 5) is 0. The summed E-state index contributed by atoms with van der Waals surface area (Å²) in [5.74, 6) is 1.20. The van der Waals surface area contributed by atoms with Gasteiger partial charge in [0, 0.05) is 11.7 Å². The molecule has 1 nitrogen and oxygen atoms in total. The molecule has 2 atom stereocenters. The lowest BCUT2D eigenvalue weighted by atomic mass is 9.96. The number of hydrogen-bond donors (Lipinski definition) is 3. The van der Waals surface area contributed by atoms with E-state index in [1.165, 1.54) is 0 Å². The Balaban J connectivity index is 2.78. The molecule has 0 saturated carbocycles. The van der Waals surface area contributed by atoms with E-state index < -0.39 is 6.10 Å². The highest BCUT2D eigenvalue weighted by Crippen LogP contribution is 2.21. The quantitative estimate of drug-likeness (QED) is 0.655. The van der Waals surface area contributed by atoms with Crippen molar-refractivity contribution in [2.75, 3.05) is 11.5 Å². The maximum Gasteiger partial charge on any atom is 0.0704 e. The first-order valence-electron chi connectivity index (χ1n) is 4.24. The number of rotatable bonds is 4. The Morgan fingerprint density at radius 3 is 2.15 bits per heavy atom. The molecule has 1 aromatic carbocycles. The molecule has 0 aliphatic carbocycles. The summed E-state index contributed by atoms with van der Waals surface area (Å²) in [5.41, 5.74) is 1.12. The SMILES string of the molecule is OC(CS)C(CS)c1ccccc1. The minimum atomic E-state index is -0.414. The Labute approximate surface area is 90.0 Å². The third-order valence-corrected chi connectivity index (χ3v) is 2.84. The number of thiol groups is 2. The molecule has 3 heteroatoms. The molecule has 0 saturated heterocycles. The van der Waals surface area contributed by atoms with E-state index in [0.717, 1.165) is 5.56 Å². The van der Waals surface area contributed by atoms with Crippen LogP contribution in [-0.2, 0) is 0 Å². The van der Waals surface area contributed by atoms with Crippen LogP contribution in [0.2, 0.25) is 0 Å². The summed E-state index contributed by atoms with van der Waals surface area (Å²) in [6.45, 7) is 0. The van der Waals surface area contributed by atoms with Crippen LogP contribution in [0, 0.1) is 0 Å². The Hall–Kier alpha value is -0.120. The Morgan fingerprint density at radius 2 is 1.69 bits per heavy atom. The average Bonchev–Trinajstić information content (AvgIpc) is 2.20. The molecule has 0 radical (unpaired) electrons. The van der Waals surface area contributed by atoms with Crippen LogP contribution in [0.1, 0.15) is 11.5 Å². The highest BCUT2D eigenvalue weighted by Gasteiger charge is 2.17. The number of aliphatic hydroxyl groups is 1. The highest BCUT2D eigenvalue weighted by molar-refractivity contribution is 7.80. The molecular formula is C10H14OS2. The van der Waals surface area contributed by atoms with Crippen molar-refractivity contribution in [2.45, 2.75) is 12.0 Å². The molecule has 0 aliphatic rings. The molecule has 0 heterocycles. The van der Waals surface area contributed by atoms with E-state index in [4.69, 9.17) is 0 Å². The molecule has 1 aromatic rings. The van der Waals surface area contributed by atoms with E-state index in [1.807, 2.05) is 30.3 Å². The van der Waals surface area contributed by atoms with Gasteiger partial charge in [0.2, 0.25) is 0 Å². The maximum atomic E-state index is 9.65. The minimum Gasteiger partial charge on any atom is -0.392 e. The third-order valence-electron chi connectivity index (χ3n) is 2.08. The molecule has 0 bridgehead atoms. The lowest BCUT2D eigenvalue weighted by Crippen LogP contribution is -2.21. The van der Waals surface area contributed by atoms with Crippen molar-refractivity contribution in [3.05, 3.63) is 35.9 Å². The zero-order valence-corrected chi connectivity index (χ0v) is 9.09. The summed E-state index contributed by atoms with van der Waals surface area (Å²) >= 11 is 8.30. The predicted molar refractivity (Wildman–Crippen MR) is 62.9 cm³/mol. The maximum absolute atomic E-state index is 9.65. The van der Waals surface area contributed by atoms with E-state index in [2.05, 4.69) is 25.3 Å². The second kappa shape index (κ2) is 5.58. The first-order chi connectivity index (χ1) is 6.29. The number of aliphatic hydroxyl groups excluding tert-OH is 1. The average molecular weight is 214 g/mol. The fourth-order valence-corrected chi connectivity index (χ4v) is 1.99. The van der Waals surface area contributed by atoms with Crippen LogP contribution in [-0.4, -0.2) is 22.7 Å². The van der Waals surface area contributed by atoms with Crippen LogP contribution in [0.3, 0.4) is 0 Å². The van der Waals surface area contributed by atoms with Gasteiger partial charge < -0.3 is 5.11 Å². The van der Waals surface area contributed by atoms with E-state index in [0.29, 0.717) is 11.5 Å². The molecule has 13 heavy (non-hydrogen) atoms. The second-order valence-electron chi connectivity index (χ2n) is 2.95. The summed E-state index contributed by atoms with van der Waals surface area (Å²) in [6.07, 6.45) is -0.414. The number of benzene rings is 1. The van der Waals surface area contributed by atoms with Gasteiger partial charge in [-0.25, -0.2) is 0 Å². The van der Waals surface area contributed by atoms with Crippen LogP contribution < -0.4 is 0 Å². The normalized spacial score (nSPS) is 15.3. The number of hydrogen-bond acceptors (Lipinski definition) is 3. The van der Waals surface area contributed by atoms with Crippen molar-refractivity contribution >= 4 is 25.3 Å². The zero-order chi connectivity index (χ0) is 9.68. The lowest BCUT2D eigenvalue weighted by Gasteiger charge is -2.19. The molecule has 0 amide bonds. The highest BCUT2D eigenvalue weighted by atomic mass is 32.1. The van der Waals surface area contributed by atoms with Crippen LogP contribution >= 0.6 is 25.3 Å². The van der Waals surface area contributed by atoms with Gasteiger partial charge in [0.1, 0.15) is 0 Å². The molecular weight excluding hydrogens is 200 g/mol. The van der Waals surface area contributed by atoms with E-state index in [9.17, 15) is 5.11 Å². The van der Waals surface area contributed by atoms with Gasteiger partial charge >= 0.3 is 0 Å². The Kier molecular flexibility index (Phi) is 4.70. The fourth-order valence-electron chi connectivity index (χ4n) is 1.28. The standard InChI is InChI=1S/C10H14OS2/c11-10(7-13)9(6-12)8-4-2-1-3-5-8/h1-5,9-13H,6-7H2. The van der Waals surface area contributed by atoms with E-state index in [-0.39, 0.29) is 5.92 Å². The second-order valence-corrected chi connectivity index (χ2v) is 3.68. The van der Waals surface area contributed by atoms with Crippen LogP contribution in [0.4, 0.5) is 0 Å². The van der Waals surface area contributed by atoms with E-state index >= 15 is 0 Å². The summed E-state index contributed by atoms with van der Waals surface area (Å²) in [5, 5.41) is 9.65. The third kappa shape index (κ3) is 2.93. The van der Waals surface area contributed by atoms with Crippen molar-refractivity contribution in [3.63, 3.8) is 0 Å². The summed E-state index contributed by atoms with van der Waals surface area (Å²) < 4.78 is 0. The van der Waals surface area contributed by atoms with Gasteiger partial charge in [-0.3, -0.25) is 0 Å². The molecule has 0 aliphatic heterocycles. The van der Waals surface area contributed by atoms with Crippen molar-refractivity contribution in [2.24, 2.45) is 0 Å². The first kappa shape index (κ1) is 11.0. The lowest BCUT2D eigenvalue weighted by molar-refractivity contribution is 0.176. The minimum absolute atomic E-state index is 0.0852. The largest absolute Gasteiger partial charge is 0.392 e. The van der Waals surface area contributed by atoms with Crippen LogP contribution in [0.25, 0.3) is 0 Å². The van der Waals surface area contributed by atoms with Gasteiger partial charge in [0.25, 0.3) is 0 Å². The van der Waals surface area contributed by atoms with Crippen molar-refractivity contribution in [3.8, 4) is 0 Å². The van der Waals surface area contributed by atoms with Crippen LogP contribution in [0.5, 0.6) is 0 Å². The molecule has 2 unspecified atom stereocenters. The molecule has 0 spiro atoms. The van der Waals surface area contributed by atoms with Crippen molar-refractivity contribution in [1.29, 1.82) is 0 Å².